The van der Waals surface area contributed by atoms with Crippen molar-refractivity contribution in [2.75, 3.05) is 13.2 Å². The molecule has 0 spiro atoms. The minimum Gasteiger partial charge on any atom is -0.480 e. The molecule has 0 amide bonds. The van der Waals surface area contributed by atoms with Gasteiger partial charge < -0.3 is 14.2 Å². The molecule has 4 nitrogen and oxygen atoms in total. The Morgan fingerprint density at radius 1 is 1.29 bits per heavy atom. The maximum absolute atomic E-state index is 11.7. The van der Waals surface area contributed by atoms with Gasteiger partial charge in [0.25, 0.3) is 0 Å². The number of ether oxygens (including phenoxy) is 3. The standard InChI is InChI=1S/C15H20Cl2O4/c1-3-5-8-19-15(4-2)21-14(18)10-20-13-7-6-11(16)9-12(13)17/h6-7,9,15H,3-5,8,10H2,1-2H3/t15-/m0/s1. The highest BCUT2D eigenvalue weighted by molar-refractivity contribution is 6.35. The molecular formula is C15H20Cl2O4. The molecule has 0 saturated heterocycles. The molecule has 118 valence electrons. The van der Waals surface area contributed by atoms with Gasteiger partial charge in [-0.3, -0.25) is 0 Å². The van der Waals surface area contributed by atoms with Crippen LogP contribution < -0.4 is 4.74 Å². The number of carbonyl (C=O) groups is 1. The minimum atomic E-state index is -0.534. The lowest BCUT2D eigenvalue weighted by molar-refractivity contribution is -0.181. The van der Waals surface area contributed by atoms with E-state index in [0.29, 0.717) is 28.8 Å². The van der Waals surface area contributed by atoms with Crippen LogP contribution in [-0.4, -0.2) is 25.5 Å². The molecule has 1 rings (SSSR count). The molecule has 0 saturated carbocycles. The van der Waals surface area contributed by atoms with Crippen LogP contribution in [0.15, 0.2) is 18.2 Å². The van der Waals surface area contributed by atoms with Gasteiger partial charge in [-0.05, 0) is 24.6 Å². The Labute approximate surface area is 135 Å². The van der Waals surface area contributed by atoms with Crippen molar-refractivity contribution in [2.24, 2.45) is 0 Å². The number of unbranched alkanes of at least 4 members (excludes halogenated alkanes) is 1. The van der Waals surface area contributed by atoms with Gasteiger partial charge in [-0.15, -0.1) is 0 Å². The number of benzene rings is 1. The van der Waals surface area contributed by atoms with Crippen LogP contribution in [-0.2, 0) is 14.3 Å². The maximum atomic E-state index is 11.7. The van der Waals surface area contributed by atoms with E-state index in [4.69, 9.17) is 37.4 Å². The molecule has 0 aromatic heterocycles. The molecule has 0 aliphatic rings. The summed E-state index contributed by atoms with van der Waals surface area (Å²) in [7, 11) is 0. The third-order valence-electron chi connectivity index (χ3n) is 2.64. The molecule has 0 aliphatic carbocycles. The Kier molecular flexibility index (Phi) is 8.50. The third kappa shape index (κ3) is 7.02. The van der Waals surface area contributed by atoms with E-state index in [1.54, 1.807) is 18.2 Å². The zero-order chi connectivity index (χ0) is 15.7. The van der Waals surface area contributed by atoms with E-state index in [2.05, 4.69) is 6.92 Å². The van der Waals surface area contributed by atoms with Gasteiger partial charge >= 0.3 is 5.97 Å². The molecule has 1 aromatic carbocycles. The monoisotopic (exact) mass is 334 g/mol. The van der Waals surface area contributed by atoms with Crippen LogP contribution >= 0.6 is 23.2 Å². The Hall–Kier alpha value is -0.970. The van der Waals surface area contributed by atoms with Gasteiger partial charge in [0.05, 0.1) is 11.6 Å². The lowest BCUT2D eigenvalue weighted by atomic mass is 10.3. The average molecular weight is 335 g/mol. The second kappa shape index (κ2) is 9.87. The minimum absolute atomic E-state index is 0.227. The highest BCUT2D eigenvalue weighted by Gasteiger charge is 2.14. The molecule has 0 fully saturated rings. The smallest absolute Gasteiger partial charge is 0.346 e. The van der Waals surface area contributed by atoms with Crippen molar-refractivity contribution in [3.63, 3.8) is 0 Å². The highest BCUT2D eigenvalue weighted by atomic mass is 35.5. The van der Waals surface area contributed by atoms with E-state index in [0.717, 1.165) is 12.8 Å². The van der Waals surface area contributed by atoms with Crippen LogP contribution in [0, 0.1) is 0 Å². The largest absolute Gasteiger partial charge is 0.480 e. The first-order chi connectivity index (χ1) is 10.1. The normalized spacial score (nSPS) is 12.0. The van der Waals surface area contributed by atoms with Crippen LogP contribution in [0.2, 0.25) is 10.0 Å². The van der Waals surface area contributed by atoms with Crippen molar-refractivity contribution in [3.05, 3.63) is 28.2 Å². The molecular weight excluding hydrogens is 315 g/mol. The summed E-state index contributed by atoms with van der Waals surface area (Å²) in [6, 6.07) is 4.79. The maximum Gasteiger partial charge on any atom is 0.346 e. The van der Waals surface area contributed by atoms with Crippen molar-refractivity contribution in [1.29, 1.82) is 0 Å². The molecule has 21 heavy (non-hydrogen) atoms. The van der Waals surface area contributed by atoms with Crippen LogP contribution in [0.3, 0.4) is 0 Å². The molecule has 1 atom stereocenters. The highest BCUT2D eigenvalue weighted by Crippen LogP contribution is 2.27. The predicted molar refractivity (Wildman–Crippen MR) is 83.0 cm³/mol. The summed E-state index contributed by atoms with van der Waals surface area (Å²) >= 11 is 11.7. The van der Waals surface area contributed by atoms with E-state index >= 15 is 0 Å². The van der Waals surface area contributed by atoms with Crippen molar-refractivity contribution in [3.8, 4) is 5.75 Å². The van der Waals surface area contributed by atoms with E-state index in [9.17, 15) is 4.79 Å². The Bertz CT molecular complexity index is 451. The van der Waals surface area contributed by atoms with E-state index in [1.165, 1.54) is 0 Å². The number of rotatable bonds is 9. The second-order valence-electron chi connectivity index (χ2n) is 4.42. The number of hydrogen-bond donors (Lipinski definition) is 0. The first-order valence-corrected chi connectivity index (χ1v) is 7.71. The van der Waals surface area contributed by atoms with Gasteiger partial charge in [0.15, 0.2) is 6.61 Å². The quantitative estimate of drug-likeness (QED) is 0.379. The average Bonchev–Trinajstić information content (AvgIpc) is 2.45. The third-order valence-corrected chi connectivity index (χ3v) is 3.17. The Morgan fingerprint density at radius 3 is 2.67 bits per heavy atom. The topological polar surface area (TPSA) is 44.8 Å². The summed E-state index contributed by atoms with van der Waals surface area (Å²) < 4.78 is 15.9. The molecule has 0 unspecified atom stereocenters. The van der Waals surface area contributed by atoms with Gasteiger partial charge in [-0.2, -0.15) is 0 Å². The van der Waals surface area contributed by atoms with Crippen LogP contribution in [0.1, 0.15) is 33.1 Å². The van der Waals surface area contributed by atoms with Crippen molar-refractivity contribution in [1.82, 2.24) is 0 Å². The van der Waals surface area contributed by atoms with Crippen LogP contribution in [0.25, 0.3) is 0 Å². The molecule has 1 aromatic rings. The fourth-order valence-electron chi connectivity index (χ4n) is 1.50. The van der Waals surface area contributed by atoms with Crippen molar-refractivity contribution < 1.29 is 19.0 Å². The Morgan fingerprint density at radius 2 is 2.05 bits per heavy atom. The fourth-order valence-corrected chi connectivity index (χ4v) is 1.97. The first kappa shape index (κ1) is 18.1. The summed E-state index contributed by atoms with van der Waals surface area (Å²) in [4.78, 5) is 11.7. The SMILES string of the molecule is CCCCO[C@H](CC)OC(=O)COc1ccc(Cl)cc1Cl. The Balaban J connectivity index is 2.38. The molecule has 0 bridgehead atoms. The summed E-state index contributed by atoms with van der Waals surface area (Å²) in [5, 5.41) is 0.854. The van der Waals surface area contributed by atoms with E-state index < -0.39 is 12.3 Å². The van der Waals surface area contributed by atoms with Gasteiger partial charge in [0.1, 0.15) is 5.75 Å². The molecule has 0 heterocycles. The van der Waals surface area contributed by atoms with Crippen molar-refractivity contribution >= 4 is 29.2 Å². The fraction of sp³-hybridized carbons (Fsp3) is 0.533. The summed E-state index contributed by atoms with van der Waals surface area (Å²) in [6.45, 7) is 4.31. The van der Waals surface area contributed by atoms with Gasteiger partial charge in [0.2, 0.25) is 6.29 Å². The predicted octanol–water partition coefficient (Wildman–Crippen LogP) is 4.47. The van der Waals surface area contributed by atoms with Crippen molar-refractivity contribution in [2.45, 2.75) is 39.4 Å². The van der Waals surface area contributed by atoms with Crippen LogP contribution in [0.4, 0.5) is 0 Å². The van der Waals surface area contributed by atoms with E-state index in [1.807, 2.05) is 6.92 Å². The van der Waals surface area contributed by atoms with Gasteiger partial charge in [-0.1, -0.05) is 43.5 Å². The summed E-state index contributed by atoms with van der Waals surface area (Å²) in [6.07, 6.45) is 2.03. The molecule has 0 aliphatic heterocycles. The number of hydrogen-bond acceptors (Lipinski definition) is 4. The lowest BCUT2D eigenvalue weighted by Crippen LogP contribution is -2.25. The second-order valence-corrected chi connectivity index (χ2v) is 5.26. The summed E-state index contributed by atoms with van der Waals surface area (Å²) in [5.41, 5.74) is 0. The number of halogens is 2. The molecule has 6 heteroatoms. The number of esters is 1. The van der Waals surface area contributed by atoms with E-state index in [-0.39, 0.29) is 6.61 Å². The lowest BCUT2D eigenvalue weighted by Gasteiger charge is -2.17. The first-order valence-electron chi connectivity index (χ1n) is 6.95. The van der Waals surface area contributed by atoms with Crippen LogP contribution in [0.5, 0.6) is 5.75 Å². The number of carbonyl (C=O) groups excluding carboxylic acids is 1. The van der Waals surface area contributed by atoms with Gasteiger partial charge in [0, 0.05) is 11.4 Å². The zero-order valence-electron chi connectivity index (χ0n) is 12.2. The zero-order valence-corrected chi connectivity index (χ0v) is 13.7. The molecule has 0 radical (unpaired) electrons. The van der Waals surface area contributed by atoms with Gasteiger partial charge in [-0.25, -0.2) is 4.79 Å². The molecule has 0 N–H and O–H groups in total. The summed E-state index contributed by atoms with van der Waals surface area (Å²) in [5.74, 6) is -0.109.